The number of aromatic nitrogens is 2. The topological polar surface area (TPSA) is 173 Å². The van der Waals surface area contributed by atoms with Crippen LogP contribution in [0.2, 0.25) is 5.02 Å². The van der Waals surface area contributed by atoms with Gasteiger partial charge in [0.1, 0.15) is 11.3 Å². The van der Waals surface area contributed by atoms with Crippen molar-refractivity contribution in [3.05, 3.63) is 82.9 Å². The fraction of sp³-hybridized carbons (Fsp3) is 0.133. The van der Waals surface area contributed by atoms with Gasteiger partial charge in [0.05, 0.1) is 11.6 Å². The van der Waals surface area contributed by atoms with Gasteiger partial charge in [0.15, 0.2) is 36.3 Å². The highest BCUT2D eigenvalue weighted by Crippen LogP contribution is 2.31. The first kappa shape index (κ1) is 29.8. The smallest absolute Gasteiger partial charge is 0.328 e. The van der Waals surface area contributed by atoms with E-state index in [-0.39, 0.29) is 37.5 Å². The van der Waals surface area contributed by atoms with Crippen molar-refractivity contribution in [2.24, 2.45) is 0 Å². The lowest BCUT2D eigenvalue weighted by Gasteiger charge is -2.16. The predicted molar refractivity (Wildman–Crippen MR) is 160 cm³/mol. The number of benzene rings is 1. The molecule has 0 saturated carbocycles. The number of carbonyl (C=O) groups is 4. The third kappa shape index (κ3) is 7.20. The molecule has 0 atom stereocenters. The highest BCUT2D eigenvalue weighted by molar-refractivity contribution is 6.36. The van der Waals surface area contributed by atoms with Crippen LogP contribution in [0.3, 0.4) is 0 Å². The van der Waals surface area contributed by atoms with Crippen molar-refractivity contribution in [3.8, 4) is 11.5 Å². The summed E-state index contributed by atoms with van der Waals surface area (Å²) in [4.78, 5) is 54.5. The molecule has 0 unspecified atom stereocenters. The average molecular weight is 618 g/mol. The second kappa shape index (κ2) is 13.1. The van der Waals surface area contributed by atoms with E-state index < -0.39 is 5.97 Å². The maximum absolute atomic E-state index is 12.4. The second-order valence-corrected chi connectivity index (χ2v) is 9.82. The number of nitrogens with zero attached hydrogens (tertiary/aromatic N) is 3. The number of carboxylic acids is 1. The summed E-state index contributed by atoms with van der Waals surface area (Å²) in [5.41, 5.74) is 1.96. The molecule has 0 saturated heterocycles. The fourth-order valence-electron chi connectivity index (χ4n) is 4.05. The number of aliphatic carboxylic acids is 1. The summed E-state index contributed by atoms with van der Waals surface area (Å²) < 4.78 is 16.2. The summed E-state index contributed by atoms with van der Waals surface area (Å²) in [5, 5.41) is 14.9. The van der Waals surface area contributed by atoms with Crippen molar-refractivity contribution in [2.75, 3.05) is 30.9 Å². The van der Waals surface area contributed by atoms with Crippen LogP contribution in [0, 0.1) is 0 Å². The van der Waals surface area contributed by atoms with Crippen molar-refractivity contribution >= 4 is 70.0 Å². The van der Waals surface area contributed by atoms with Crippen LogP contribution in [0.25, 0.3) is 23.1 Å². The Balaban J connectivity index is 0.000000204. The van der Waals surface area contributed by atoms with E-state index in [0.29, 0.717) is 50.6 Å². The van der Waals surface area contributed by atoms with Crippen LogP contribution in [0.15, 0.2) is 65.4 Å². The molecule has 3 N–H and O–H groups in total. The molecule has 0 fully saturated rings. The van der Waals surface area contributed by atoms with Gasteiger partial charge in [0, 0.05) is 37.0 Å². The number of ether oxygens (including phenoxy) is 2. The first-order valence-corrected chi connectivity index (χ1v) is 13.4. The first-order chi connectivity index (χ1) is 21.2. The number of carbonyl (C=O) groups excluding carboxylic acids is 3. The summed E-state index contributed by atoms with van der Waals surface area (Å²) >= 11 is 6.35. The van der Waals surface area contributed by atoms with E-state index in [1.54, 1.807) is 31.5 Å². The molecule has 1 aromatic carbocycles. The van der Waals surface area contributed by atoms with Crippen LogP contribution in [-0.4, -0.2) is 63.9 Å². The van der Waals surface area contributed by atoms with Crippen LogP contribution >= 0.6 is 11.6 Å². The molecule has 3 amide bonds. The van der Waals surface area contributed by atoms with Gasteiger partial charge in [-0.2, -0.15) is 0 Å². The normalized spacial score (nSPS) is 13.6. The number of amides is 3. The molecule has 0 radical (unpaired) electrons. The number of nitrogens with one attached hydrogen (secondary N) is 2. The lowest BCUT2D eigenvalue weighted by Crippen LogP contribution is -2.26. The largest absolute Gasteiger partial charge is 0.480 e. The van der Waals surface area contributed by atoms with Gasteiger partial charge in [0.25, 0.3) is 11.8 Å². The maximum Gasteiger partial charge on any atom is 0.328 e. The van der Waals surface area contributed by atoms with E-state index in [9.17, 15) is 19.2 Å². The molecule has 2 aliphatic heterocycles. The van der Waals surface area contributed by atoms with E-state index in [4.69, 9.17) is 30.6 Å². The number of pyridine rings is 2. The predicted octanol–water partition coefficient (Wildman–Crippen LogP) is 3.99. The molecule has 4 aromatic rings. The fourth-order valence-corrected chi connectivity index (χ4v) is 4.31. The van der Waals surface area contributed by atoms with Gasteiger partial charge in [-0.1, -0.05) is 23.7 Å². The second-order valence-electron chi connectivity index (χ2n) is 9.44. The number of likely N-dealkylation sites (N-methyl/N-ethyl adjacent to an activating group) is 1. The van der Waals surface area contributed by atoms with Crippen molar-refractivity contribution in [1.82, 2.24) is 14.9 Å². The van der Waals surface area contributed by atoms with Gasteiger partial charge in [-0.05, 0) is 47.5 Å². The molecule has 0 spiro atoms. The highest BCUT2D eigenvalue weighted by atomic mass is 35.5. The molecule has 6 rings (SSSR count). The van der Waals surface area contributed by atoms with Gasteiger partial charge in [-0.3, -0.25) is 14.4 Å². The van der Waals surface area contributed by atoms with E-state index in [1.165, 1.54) is 23.2 Å². The number of furan rings is 1. The van der Waals surface area contributed by atoms with Crippen molar-refractivity contribution in [2.45, 2.75) is 6.54 Å². The third-order valence-electron chi connectivity index (χ3n) is 6.18. The van der Waals surface area contributed by atoms with E-state index in [0.717, 1.165) is 11.5 Å². The molecular formula is C30H24ClN5O8. The Kier molecular flexibility index (Phi) is 8.86. The van der Waals surface area contributed by atoms with Crippen LogP contribution < -0.4 is 20.1 Å². The van der Waals surface area contributed by atoms with Gasteiger partial charge in [-0.25, -0.2) is 14.8 Å². The standard InChI is InChI=1S/C20H16ClN3O4.C10H8N2O4/c1-24(10-16-19(21)13-4-2-3-5-14(13)28-16)18(26)7-6-12-8-15-20(22-9-12)23-17(25)11-27-15;13-8-5-16-7-3-6(1-2-9(14)15)4-11-10(7)12-8/h2-9H,10-11H2,1H3,(H,22,23,25);1-4H,5H2,(H,14,15)(H,11,12,13)/b7-6+;2-1+. The zero-order valence-electron chi connectivity index (χ0n) is 23.1. The summed E-state index contributed by atoms with van der Waals surface area (Å²) in [7, 11) is 1.67. The molecule has 0 aliphatic carbocycles. The summed E-state index contributed by atoms with van der Waals surface area (Å²) in [5.74, 6) is 0.407. The Hall–Kier alpha value is -5.69. The summed E-state index contributed by atoms with van der Waals surface area (Å²) in [6.07, 6.45) is 8.47. The lowest BCUT2D eigenvalue weighted by molar-refractivity contribution is -0.131. The lowest BCUT2D eigenvalue weighted by atomic mass is 10.2. The molecule has 224 valence electrons. The summed E-state index contributed by atoms with van der Waals surface area (Å²) in [6, 6.07) is 10.8. The minimum absolute atomic E-state index is 0.0538. The number of anilines is 2. The van der Waals surface area contributed by atoms with E-state index in [1.807, 2.05) is 24.3 Å². The first-order valence-electron chi connectivity index (χ1n) is 13.0. The Morgan fingerprint density at radius 2 is 1.52 bits per heavy atom. The number of fused-ring (bicyclic) bond motifs is 3. The zero-order chi connectivity index (χ0) is 31.2. The number of carboxylic acid groups (broad SMARTS) is 1. The number of halogens is 1. The third-order valence-corrected chi connectivity index (χ3v) is 6.59. The molecule has 0 bridgehead atoms. The van der Waals surface area contributed by atoms with E-state index >= 15 is 0 Å². The van der Waals surface area contributed by atoms with Crippen LogP contribution in [0.1, 0.15) is 16.9 Å². The number of para-hydroxylation sites is 1. The minimum Gasteiger partial charge on any atom is -0.480 e. The number of rotatable bonds is 6. The van der Waals surface area contributed by atoms with Crippen LogP contribution in [-0.2, 0) is 25.7 Å². The van der Waals surface area contributed by atoms with Gasteiger partial charge in [-0.15, -0.1) is 0 Å². The summed E-state index contributed by atoms with van der Waals surface area (Å²) in [6.45, 7) is 0.136. The molecular weight excluding hydrogens is 594 g/mol. The Bertz CT molecular complexity index is 1830. The number of hydrogen-bond donors (Lipinski definition) is 3. The molecule has 5 heterocycles. The van der Waals surface area contributed by atoms with Crippen molar-refractivity contribution in [3.63, 3.8) is 0 Å². The average Bonchev–Trinajstić information content (AvgIpc) is 3.33. The SMILES string of the molecule is CN(Cc1oc2ccccc2c1Cl)C(=O)/C=C/c1cnc2c(c1)OCC(=O)N2.O=C(O)/C=C/c1cnc2c(c1)OCC(=O)N2. The molecule has 2 aliphatic rings. The Morgan fingerprint density at radius 3 is 2.09 bits per heavy atom. The van der Waals surface area contributed by atoms with Crippen LogP contribution in [0.4, 0.5) is 11.6 Å². The zero-order valence-corrected chi connectivity index (χ0v) is 23.8. The molecule has 44 heavy (non-hydrogen) atoms. The van der Waals surface area contributed by atoms with Crippen molar-refractivity contribution < 1.29 is 38.2 Å². The van der Waals surface area contributed by atoms with Gasteiger partial charge in [0.2, 0.25) is 5.91 Å². The minimum atomic E-state index is -1.04. The molecule has 13 nitrogen and oxygen atoms in total. The Labute approximate surface area is 254 Å². The maximum atomic E-state index is 12.4. The van der Waals surface area contributed by atoms with Crippen LogP contribution in [0.5, 0.6) is 11.5 Å². The van der Waals surface area contributed by atoms with Gasteiger partial charge >= 0.3 is 5.97 Å². The van der Waals surface area contributed by atoms with Gasteiger partial charge < -0.3 is 34.5 Å². The Morgan fingerprint density at radius 1 is 0.955 bits per heavy atom. The number of hydrogen-bond acceptors (Lipinski definition) is 9. The highest BCUT2D eigenvalue weighted by Gasteiger charge is 2.19. The molecule has 3 aromatic heterocycles. The quantitative estimate of drug-likeness (QED) is 0.268. The van der Waals surface area contributed by atoms with Crippen molar-refractivity contribution in [1.29, 1.82) is 0 Å². The molecule has 14 heteroatoms. The van der Waals surface area contributed by atoms with E-state index in [2.05, 4.69) is 20.6 Å². The monoisotopic (exact) mass is 617 g/mol.